The Kier molecular flexibility index (Phi) is 7.78. The molecule has 0 fully saturated rings. The average molecular weight is 809 g/mol. The summed E-state index contributed by atoms with van der Waals surface area (Å²) in [5, 5.41) is 9.59. The fraction of sp³-hybridized carbons (Fsp3) is 0. The molecule has 0 bridgehead atoms. The van der Waals surface area contributed by atoms with Gasteiger partial charge in [0, 0.05) is 58.4 Å². The van der Waals surface area contributed by atoms with Crippen LogP contribution in [0.2, 0.25) is 0 Å². The van der Waals surface area contributed by atoms with E-state index in [0.717, 1.165) is 66.8 Å². The van der Waals surface area contributed by atoms with Gasteiger partial charge in [0.15, 0.2) is 0 Å². The zero-order valence-electron chi connectivity index (χ0n) is 33.5. The smallest absolute Gasteiger partial charge is 0.145 e. The van der Waals surface area contributed by atoms with E-state index in [2.05, 4.69) is 228 Å². The molecule has 0 unspecified atom stereocenters. The summed E-state index contributed by atoms with van der Waals surface area (Å²) in [5.74, 6) is 0. The van der Waals surface area contributed by atoms with E-state index in [1.165, 1.54) is 52.8 Å². The van der Waals surface area contributed by atoms with Crippen LogP contribution in [0.3, 0.4) is 0 Å². The first-order valence-electron chi connectivity index (χ1n) is 21.1. The maximum Gasteiger partial charge on any atom is 0.145 e. The van der Waals surface area contributed by atoms with Gasteiger partial charge in [0.1, 0.15) is 11.2 Å². The van der Waals surface area contributed by atoms with Crippen molar-refractivity contribution in [3.8, 4) is 27.9 Å². The van der Waals surface area contributed by atoms with Crippen LogP contribution in [0.1, 0.15) is 0 Å². The van der Waals surface area contributed by atoms with Gasteiger partial charge >= 0.3 is 0 Å². The Morgan fingerprint density at radius 3 is 1.85 bits per heavy atom. The molecule has 3 nitrogen and oxygen atoms in total. The summed E-state index contributed by atoms with van der Waals surface area (Å²) in [7, 11) is 0. The molecule has 0 aliphatic rings. The summed E-state index contributed by atoms with van der Waals surface area (Å²) in [4.78, 5) is 2.44. The average Bonchev–Trinajstić information content (AvgIpc) is 4.01. The second kappa shape index (κ2) is 13.8. The number of rotatable bonds is 6. The van der Waals surface area contributed by atoms with E-state index in [1.54, 1.807) is 0 Å². The first-order chi connectivity index (χ1) is 30.8. The monoisotopic (exact) mass is 808 g/mol. The summed E-state index contributed by atoms with van der Waals surface area (Å²) < 4.78 is 12.1. The van der Waals surface area contributed by atoms with Gasteiger partial charge in [0.2, 0.25) is 0 Å². The predicted octanol–water partition coefficient (Wildman–Crippen LogP) is 17.0. The molecule has 0 atom stereocenters. The van der Waals surface area contributed by atoms with Crippen molar-refractivity contribution in [2.75, 3.05) is 4.90 Å². The summed E-state index contributed by atoms with van der Waals surface area (Å²) in [6.45, 7) is 0. The van der Waals surface area contributed by atoms with Crippen LogP contribution in [0.15, 0.2) is 223 Å². The fourth-order valence-electron chi connectivity index (χ4n) is 9.81. The first-order valence-corrected chi connectivity index (χ1v) is 21.9. The van der Waals surface area contributed by atoms with Gasteiger partial charge in [-0.3, -0.25) is 0 Å². The molecule has 3 heterocycles. The SMILES string of the molecule is c1ccc(-n2c3ccccc3c3ccccc32)c(-c2c(N(c3ccc(-c4ccc5sc6ccccc6c5c4)cc3)c3cccc4ccccc34)ccc3c2oc2ccccc23)c1. The van der Waals surface area contributed by atoms with Gasteiger partial charge in [0.25, 0.3) is 0 Å². The van der Waals surface area contributed by atoms with Crippen LogP contribution < -0.4 is 4.90 Å². The number of benzene rings is 10. The van der Waals surface area contributed by atoms with Crippen LogP contribution in [0.5, 0.6) is 0 Å². The number of hydrogen-bond donors (Lipinski definition) is 0. The normalized spacial score (nSPS) is 11.9. The van der Waals surface area contributed by atoms with Gasteiger partial charge in [-0.25, -0.2) is 0 Å². The lowest BCUT2D eigenvalue weighted by atomic mass is 9.96. The minimum Gasteiger partial charge on any atom is -0.455 e. The first kappa shape index (κ1) is 34.9. The zero-order valence-corrected chi connectivity index (χ0v) is 34.3. The van der Waals surface area contributed by atoms with E-state index in [1.807, 2.05) is 11.3 Å². The highest BCUT2D eigenvalue weighted by Gasteiger charge is 2.26. The summed E-state index contributed by atoms with van der Waals surface area (Å²) in [5.41, 5.74) is 12.8. The van der Waals surface area contributed by atoms with E-state index in [4.69, 9.17) is 4.42 Å². The highest BCUT2D eigenvalue weighted by Crippen LogP contribution is 2.50. The molecule has 0 aliphatic carbocycles. The zero-order chi connectivity index (χ0) is 40.7. The molecule has 10 aromatic carbocycles. The Morgan fingerprint density at radius 1 is 0.403 bits per heavy atom. The largest absolute Gasteiger partial charge is 0.455 e. The quantitative estimate of drug-likeness (QED) is 0.167. The minimum atomic E-state index is 0.857. The number of aromatic nitrogens is 1. The maximum absolute atomic E-state index is 7.04. The minimum absolute atomic E-state index is 0.857. The molecular formula is C58H36N2OS. The van der Waals surface area contributed by atoms with Crippen molar-refractivity contribution in [3.63, 3.8) is 0 Å². The Labute approximate surface area is 361 Å². The molecule has 13 rings (SSSR count). The van der Waals surface area contributed by atoms with E-state index >= 15 is 0 Å². The predicted molar refractivity (Wildman–Crippen MR) is 264 cm³/mol. The molecule has 4 heteroatoms. The van der Waals surface area contributed by atoms with Crippen LogP contribution in [-0.4, -0.2) is 4.57 Å². The van der Waals surface area contributed by atoms with E-state index < -0.39 is 0 Å². The lowest BCUT2D eigenvalue weighted by Gasteiger charge is -2.30. The molecule has 0 saturated heterocycles. The number of fused-ring (bicyclic) bond motifs is 10. The van der Waals surface area contributed by atoms with Crippen molar-refractivity contribution >= 4 is 103 Å². The Hall–Kier alpha value is -7.92. The van der Waals surface area contributed by atoms with Crippen molar-refractivity contribution in [3.05, 3.63) is 218 Å². The van der Waals surface area contributed by atoms with Crippen LogP contribution in [0, 0.1) is 0 Å². The molecule has 0 amide bonds. The Bertz CT molecular complexity index is 3830. The van der Waals surface area contributed by atoms with Crippen molar-refractivity contribution in [2.24, 2.45) is 0 Å². The molecule has 0 aliphatic heterocycles. The second-order valence-corrected chi connectivity index (χ2v) is 17.1. The number of anilines is 3. The third-order valence-corrected chi connectivity index (χ3v) is 13.8. The molecule has 290 valence electrons. The number of para-hydroxylation sites is 4. The van der Waals surface area contributed by atoms with Crippen molar-refractivity contribution in [1.29, 1.82) is 0 Å². The van der Waals surface area contributed by atoms with E-state index in [-0.39, 0.29) is 0 Å². The number of thiophene rings is 1. The number of nitrogens with zero attached hydrogens (tertiary/aromatic N) is 2. The van der Waals surface area contributed by atoms with E-state index in [0.29, 0.717) is 0 Å². The van der Waals surface area contributed by atoms with Gasteiger partial charge in [0.05, 0.1) is 33.7 Å². The fourth-order valence-corrected chi connectivity index (χ4v) is 10.9. The van der Waals surface area contributed by atoms with E-state index in [9.17, 15) is 0 Å². The second-order valence-electron chi connectivity index (χ2n) is 16.0. The van der Waals surface area contributed by atoms with Gasteiger partial charge in [-0.15, -0.1) is 11.3 Å². The van der Waals surface area contributed by atoms with Crippen molar-refractivity contribution < 1.29 is 4.42 Å². The summed E-state index contributed by atoms with van der Waals surface area (Å²) >= 11 is 1.85. The third kappa shape index (κ3) is 5.30. The topological polar surface area (TPSA) is 21.3 Å². The van der Waals surface area contributed by atoms with Crippen LogP contribution in [0.25, 0.3) is 103 Å². The van der Waals surface area contributed by atoms with Gasteiger partial charge in [-0.05, 0) is 89.3 Å². The van der Waals surface area contributed by atoms with Crippen LogP contribution >= 0.6 is 11.3 Å². The standard InChI is InChI=1S/C58H36N2OS/c1-2-16-41-38(14-1)15-13-25-49(41)59(40-31-28-37(29-32-40)39-30-35-56-48(36-39)45-20-7-12-27-55(45)62-56)53-34-33-46-44-19-6-11-26-54(44)61-58(46)57(53)47-21-5-10-24-52(47)60-50-22-8-3-17-42(50)43-18-4-9-23-51(43)60/h1-36H. The molecule has 13 aromatic rings. The number of hydrogen-bond acceptors (Lipinski definition) is 3. The Balaban J connectivity index is 1.09. The summed E-state index contributed by atoms with van der Waals surface area (Å²) in [6.07, 6.45) is 0. The molecule has 0 N–H and O–H groups in total. The van der Waals surface area contributed by atoms with Gasteiger partial charge < -0.3 is 13.9 Å². The molecule has 0 spiro atoms. The maximum atomic E-state index is 7.04. The Morgan fingerprint density at radius 2 is 1.03 bits per heavy atom. The van der Waals surface area contributed by atoms with Crippen molar-refractivity contribution in [1.82, 2.24) is 4.57 Å². The van der Waals surface area contributed by atoms with Crippen LogP contribution in [0.4, 0.5) is 17.1 Å². The molecule has 0 radical (unpaired) electrons. The van der Waals surface area contributed by atoms with Gasteiger partial charge in [-0.2, -0.15) is 0 Å². The summed E-state index contributed by atoms with van der Waals surface area (Å²) in [6, 6.07) is 79.2. The lowest BCUT2D eigenvalue weighted by Crippen LogP contribution is -2.12. The molecule has 3 aromatic heterocycles. The van der Waals surface area contributed by atoms with Gasteiger partial charge in [-0.1, -0.05) is 146 Å². The lowest BCUT2D eigenvalue weighted by molar-refractivity contribution is 0.670. The molecule has 0 saturated carbocycles. The van der Waals surface area contributed by atoms with Crippen LogP contribution in [-0.2, 0) is 0 Å². The van der Waals surface area contributed by atoms with Crippen molar-refractivity contribution in [2.45, 2.75) is 0 Å². The molecular weight excluding hydrogens is 773 g/mol. The highest BCUT2D eigenvalue weighted by atomic mass is 32.1. The number of furan rings is 1. The highest BCUT2D eigenvalue weighted by molar-refractivity contribution is 7.25. The third-order valence-electron chi connectivity index (χ3n) is 12.6. The molecule has 62 heavy (non-hydrogen) atoms.